The molecule has 0 fully saturated rings. The number of carboxylic acid groups (broad SMARTS) is 1. The fourth-order valence-electron chi connectivity index (χ4n) is 2.14. The van der Waals surface area contributed by atoms with E-state index < -0.39 is 17.8 Å². The van der Waals surface area contributed by atoms with Crippen LogP contribution in [0.4, 0.5) is 0 Å². The first-order chi connectivity index (χ1) is 9.60. The molecule has 1 aliphatic heterocycles. The summed E-state index contributed by atoms with van der Waals surface area (Å²) < 4.78 is 0. The largest absolute Gasteiger partial charge is 0.481 e. The monoisotopic (exact) mass is 297 g/mol. The zero-order chi connectivity index (χ0) is 16.2. The molecule has 1 aliphatic rings. The van der Waals surface area contributed by atoms with Gasteiger partial charge in [0, 0.05) is 26.4 Å². The number of hydrogen-bond acceptors (Lipinski definition) is 4. The third-order valence-electron chi connectivity index (χ3n) is 3.19. The summed E-state index contributed by atoms with van der Waals surface area (Å²) in [7, 11) is 1.49. The molecule has 0 spiro atoms. The summed E-state index contributed by atoms with van der Waals surface area (Å²) in [6, 6.07) is 0. The summed E-state index contributed by atoms with van der Waals surface area (Å²) in [4.78, 5) is 34.5. The summed E-state index contributed by atoms with van der Waals surface area (Å²) in [5.74, 6) is -2.11. The number of hydrazone groups is 1. The van der Waals surface area contributed by atoms with Gasteiger partial charge in [-0.25, -0.2) is 5.01 Å². The van der Waals surface area contributed by atoms with Gasteiger partial charge in [0.25, 0.3) is 5.91 Å². The van der Waals surface area contributed by atoms with Crippen molar-refractivity contribution < 1.29 is 19.5 Å². The first-order valence-electron chi connectivity index (χ1n) is 6.95. The van der Waals surface area contributed by atoms with E-state index in [0.717, 1.165) is 5.01 Å². The van der Waals surface area contributed by atoms with Crippen LogP contribution in [0.2, 0.25) is 0 Å². The standard InChI is InChI=1S/C14H23N3O4/c1-14(2,3)7-9(13(20)21)8-15-12(19)10-5-6-11(18)17(4)16-10/h9H,5-8H2,1-4H3,(H,15,19)(H,20,21). The molecule has 0 aromatic heterocycles. The fraction of sp³-hybridized carbons (Fsp3) is 0.714. The summed E-state index contributed by atoms with van der Waals surface area (Å²) in [5.41, 5.74) is 0.125. The lowest BCUT2D eigenvalue weighted by atomic mass is 9.84. The van der Waals surface area contributed by atoms with Crippen molar-refractivity contribution in [1.29, 1.82) is 0 Å². The van der Waals surface area contributed by atoms with Gasteiger partial charge in [0.05, 0.1) is 5.92 Å². The van der Waals surface area contributed by atoms with E-state index in [0.29, 0.717) is 6.42 Å². The van der Waals surface area contributed by atoms with Gasteiger partial charge in [-0.15, -0.1) is 0 Å². The number of nitrogens with zero attached hydrogens (tertiary/aromatic N) is 2. The van der Waals surface area contributed by atoms with Gasteiger partial charge in [0.2, 0.25) is 5.91 Å². The number of carbonyl (C=O) groups excluding carboxylic acids is 2. The molecule has 0 aliphatic carbocycles. The summed E-state index contributed by atoms with van der Waals surface area (Å²) in [6.45, 7) is 5.92. The minimum absolute atomic E-state index is 0.0577. The van der Waals surface area contributed by atoms with Crippen LogP contribution in [0.1, 0.15) is 40.0 Å². The number of nitrogens with one attached hydrogen (secondary N) is 1. The highest BCUT2D eigenvalue weighted by Crippen LogP contribution is 2.24. The van der Waals surface area contributed by atoms with E-state index >= 15 is 0 Å². The normalized spacial score (nSPS) is 17.2. The molecule has 2 amide bonds. The molecule has 1 unspecified atom stereocenters. The van der Waals surface area contributed by atoms with Crippen molar-refractivity contribution in [3.05, 3.63) is 0 Å². The molecule has 1 rings (SSSR count). The zero-order valence-electron chi connectivity index (χ0n) is 13.0. The van der Waals surface area contributed by atoms with Gasteiger partial charge in [-0.3, -0.25) is 14.4 Å². The van der Waals surface area contributed by atoms with Crippen molar-refractivity contribution in [2.45, 2.75) is 40.0 Å². The second-order valence-electron chi connectivity index (χ2n) is 6.47. The first-order valence-corrected chi connectivity index (χ1v) is 6.95. The smallest absolute Gasteiger partial charge is 0.308 e. The molecule has 7 nitrogen and oxygen atoms in total. The SMILES string of the molecule is CN1N=C(C(=O)NCC(CC(C)(C)C)C(=O)O)CCC1=O. The molecule has 1 heterocycles. The summed E-state index contributed by atoms with van der Waals surface area (Å²) in [5, 5.41) is 16.8. The van der Waals surface area contributed by atoms with Crippen LogP contribution in [0.15, 0.2) is 5.10 Å². The Bertz CT molecular complexity index is 465. The maximum atomic E-state index is 12.0. The quantitative estimate of drug-likeness (QED) is 0.785. The maximum absolute atomic E-state index is 12.0. The maximum Gasteiger partial charge on any atom is 0.308 e. The highest BCUT2D eigenvalue weighted by atomic mass is 16.4. The molecule has 0 aromatic rings. The Morgan fingerprint density at radius 1 is 1.38 bits per heavy atom. The van der Waals surface area contributed by atoms with Crippen LogP contribution in [0.3, 0.4) is 0 Å². The third-order valence-corrected chi connectivity index (χ3v) is 3.19. The lowest BCUT2D eigenvalue weighted by molar-refractivity contribution is -0.142. The molecule has 21 heavy (non-hydrogen) atoms. The Balaban J connectivity index is 2.60. The number of rotatable bonds is 5. The zero-order valence-corrected chi connectivity index (χ0v) is 13.0. The first kappa shape index (κ1) is 17.1. The number of amides is 2. The highest BCUT2D eigenvalue weighted by molar-refractivity contribution is 6.39. The lowest BCUT2D eigenvalue weighted by Crippen LogP contribution is -2.41. The average Bonchev–Trinajstić information content (AvgIpc) is 2.35. The van der Waals surface area contributed by atoms with Crippen LogP contribution in [0.25, 0.3) is 0 Å². The van der Waals surface area contributed by atoms with Gasteiger partial charge in [0.15, 0.2) is 0 Å². The third kappa shape index (κ3) is 5.53. The molecule has 2 N–H and O–H groups in total. The van der Waals surface area contributed by atoms with Crippen LogP contribution in [0.5, 0.6) is 0 Å². The molecule has 118 valence electrons. The van der Waals surface area contributed by atoms with Crippen molar-refractivity contribution in [3.8, 4) is 0 Å². The van der Waals surface area contributed by atoms with Gasteiger partial charge < -0.3 is 10.4 Å². The molecular formula is C14H23N3O4. The average molecular weight is 297 g/mol. The van der Waals surface area contributed by atoms with E-state index in [1.54, 1.807) is 0 Å². The van der Waals surface area contributed by atoms with Crippen molar-refractivity contribution in [2.75, 3.05) is 13.6 Å². The molecule has 0 saturated carbocycles. The Kier molecular flexibility index (Phi) is 5.46. The van der Waals surface area contributed by atoms with Crippen molar-refractivity contribution in [1.82, 2.24) is 10.3 Å². The van der Waals surface area contributed by atoms with Gasteiger partial charge in [0.1, 0.15) is 5.71 Å². The molecule has 0 saturated heterocycles. The van der Waals surface area contributed by atoms with E-state index in [4.69, 9.17) is 0 Å². The Morgan fingerprint density at radius 3 is 2.48 bits per heavy atom. The second kappa shape index (κ2) is 6.69. The van der Waals surface area contributed by atoms with Crippen LogP contribution >= 0.6 is 0 Å². The number of hydrogen-bond donors (Lipinski definition) is 2. The van der Waals surface area contributed by atoms with Crippen molar-refractivity contribution in [3.63, 3.8) is 0 Å². The Morgan fingerprint density at radius 2 is 2.00 bits per heavy atom. The predicted octanol–water partition coefficient (Wildman–Crippen LogP) is 0.848. The summed E-state index contributed by atoms with van der Waals surface area (Å²) >= 11 is 0. The number of carbonyl (C=O) groups is 3. The Labute approximate surface area is 124 Å². The van der Waals surface area contributed by atoms with E-state index in [-0.39, 0.29) is 36.4 Å². The van der Waals surface area contributed by atoms with E-state index in [9.17, 15) is 19.5 Å². The van der Waals surface area contributed by atoms with Gasteiger partial charge in [-0.2, -0.15) is 5.10 Å². The molecule has 0 radical (unpaired) electrons. The minimum Gasteiger partial charge on any atom is -0.481 e. The van der Waals surface area contributed by atoms with Gasteiger partial charge >= 0.3 is 5.97 Å². The van der Waals surface area contributed by atoms with Gasteiger partial charge in [-0.05, 0) is 11.8 Å². The fourth-order valence-corrected chi connectivity index (χ4v) is 2.14. The van der Waals surface area contributed by atoms with Crippen LogP contribution in [-0.2, 0) is 14.4 Å². The Hall–Kier alpha value is -1.92. The van der Waals surface area contributed by atoms with E-state index in [1.807, 2.05) is 20.8 Å². The van der Waals surface area contributed by atoms with Crippen LogP contribution in [-0.4, -0.2) is 47.2 Å². The van der Waals surface area contributed by atoms with Crippen LogP contribution < -0.4 is 5.32 Å². The number of aliphatic carboxylic acids is 1. The molecule has 0 aromatic carbocycles. The highest BCUT2D eigenvalue weighted by Gasteiger charge is 2.27. The lowest BCUT2D eigenvalue weighted by Gasteiger charge is -2.24. The molecule has 7 heteroatoms. The predicted molar refractivity (Wildman–Crippen MR) is 77.6 cm³/mol. The van der Waals surface area contributed by atoms with Crippen LogP contribution in [0, 0.1) is 11.3 Å². The van der Waals surface area contributed by atoms with Crippen molar-refractivity contribution in [2.24, 2.45) is 16.4 Å². The van der Waals surface area contributed by atoms with Gasteiger partial charge in [-0.1, -0.05) is 20.8 Å². The molecule has 0 bridgehead atoms. The minimum atomic E-state index is -0.928. The molecular weight excluding hydrogens is 274 g/mol. The van der Waals surface area contributed by atoms with E-state index in [1.165, 1.54) is 7.05 Å². The molecule has 1 atom stereocenters. The summed E-state index contributed by atoms with van der Waals surface area (Å²) in [6.07, 6.45) is 0.993. The topological polar surface area (TPSA) is 99.1 Å². The van der Waals surface area contributed by atoms with Crippen molar-refractivity contribution >= 4 is 23.5 Å². The second-order valence-corrected chi connectivity index (χ2v) is 6.47. The van der Waals surface area contributed by atoms with E-state index in [2.05, 4.69) is 10.4 Å². The number of carboxylic acids is 1.